The number of rotatable bonds is 2. The van der Waals surface area contributed by atoms with Crippen molar-refractivity contribution in [3.63, 3.8) is 0 Å². The first-order chi connectivity index (χ1) is 9.20. The van der Waals surface area contributed by atoms with Gasteiger partial charge in [0.1, 0.15) is 5.82 Å². The molecule has 3 aromatic rings. The second kappa shape index (κ2) is 4.57. The number of aromatic nitrogens is 2. The van der Waals surface area contributed by atoms with Crippen LogP contribution in [0.25, 0.3) is 10.8 Å². The lowest BCUT2D eigenvalue weighted by Gasteiger charge is -2.08. The molecule has 0 atom stereocenters. The van der Waals surface area contributed by atoms with Crippen LogP contribution in [-0.4, -0.2) is 9.97 Å². The Hall–Kier alpha value is -2.62. The molecule has 1 aromatic heterocycles. The van der Waals surface area contributed by atoms with Gasteiger partial charge in [-0.05, 0) is 29.8 Å². The molecule has 0 unspecified atom stereocenters. The molecule has 3 rings (SSSR count). The molecule has 0 spiro atoms. The first-order valence-corrected chi connectivity index (χ1v) is 6.08. The number of nitrogen functional groups attached to an aromatic ring is 1. The van der Waals surface area contributed by atoms with Crippen LogP contribution in [0.15, 0.2) is 48.5 Å². The van der Waals surface area contributed by atoms with Gasteiger partial charge in [0.2, 0.25) is 5.95 Å². The zero-order chi connectivity index (χ0) is 13.2. The van der Waals surface area contributed by atoms with E-state index in [1.165, 1.54) is 10.8 Å². The average molecular weight is 250 g/mol. The van der Waals surface area contributed by atoms with Crippen LogP contribution >= 0.6 is 0 Å². The summed E-state index contributed by atoms with van der Waals surface area (Å²) in [5.41, 5.74) is 7.47. The monoisotopic (exact) mass is 250 g/mol. The van der Waals surface area contributed by atoms with Crippen molar-refractivity contribution in [2.45, 2.75) is 6.92 Å². The van der Waals surface area contributed by atoms with Crippen LogP contribution in [0.2, 0.25) is 0 Å². The molecule has 2 aromatic carbocycles. The summed E-state index contributed by atoms with van der Waals surface area (Å²) in [6.45, 7) is 1.89. The fourth-order valence-corrected chi connectivity index (χ4v) is 2.07. The first-order valence-electron chi connectivity index (χ1n) is 6.08. The van der Waals surface area contributed by atoms with Crippen LogP contribution in [-0.2, 0) is 0 Å². The minimum absolute atomic E-state index is 0.281. The quantitative estimate of drug-likeness (QED) is 0.732. The van der Waals surface area contributed by atoms with Gasteiger partial charge < -0.3 is 11.1 Å². The number of hydrogen-bond donors (Lipinski definition) is 2. The number of fused-ring (bicyclic) bond motifs is 1. The van der Waals surface area contributed by atoms with Crippen LogP contribution in [0.1, 0.15) is 5.69 Å². The SMILES string of the molecule is Cc1cc(Nc2ccc3ccccc3c2)nc(N)n1. The summed E-state index contributed by atoms with van der Waals surface area (Å²) in [5, 5.41) is 5.65. The van der Waals surface area contributed by atoms with Gasteiger partial charge in [0.25, 0.3) is 0 Å². The summed E-state index contributed by atoms with van der Waals surface area (Å²) in [5.74, 6) is 0.989. The standard InChI is InChI=1S/C15H14N4/c1-10-8-14(19-15(16)17-10)18-13-7-6-11-4-2-3-5-12(11)9-13/h2-9H,1H3,(H3,16,17,18,19). The molecule has 4 heteroatoms. The zero-order valence-corrected chi connectivity index (χ0v) is 10.6. The van der Waals surface area contributed by atoms with Crippen molar-refractivity contribution >= 4 is 28.2 Å². The van der Waals surface area contributed by atoms with E-state index in [4.69, 9.17) is 5.73 Å². The lowest BCUT2D eigenvalue weighted by atomic mass is 10.1. The summed E-state index contributed by atoms with van der Waals surface area (Å²) < 4.78 is 0. The Bertz CT molecular complexity index is 717. The molecule has 0 amide bonds. The summed E-state index contributed by atoms with van der Waals surface area (Å²) in [7, 11) is 0. The Morgan fingerprint density at radius 2 is 1.74 bits per heavy atom. The van der Waals surface area contributed by atoms with E-state index in [0.29, 0.717) is 5.82 Å². The zero-order valence-electron chi connectivity index (χ0n) is 10.6. The van der Waals surface area contributed by atoms with E-state index in [0.717, 1.165) is 11.4 Å². The van der Waals surface area contributed by atoms with Crippen molar-refractivity contribution < 1.29 is 0 Å². The van der Waals surface area contributed by atoms with Crippen molar-refractivity contribution in [2.75, 3.05) is 11.1 Å². The maximum absolute atomic E-state index is 5.64. The maximum Gasteiger partial charge on any atom is 0.222 e. The Balaban J connectivity index is 1.96. The smallest absolute Gasteiger partial charge is 0.222 e. The molecular weight excluding hydrogens is 236 g/mol. The number of nitrogens with two attached hydrogens (primary N) is 1. The maximum atomic E-state index is 5.64. The van der Waals surface area contributed by atoms with Crippen LogP contribution in [0.5, 0.6) is 0 Å². The molecule has 0 aliphatic rings. The summed E-state index contributed by atoms with van der Waals surface area (Å²) in [6, 6.07) is 16.3. The Labute approximate surface area is 111 Å². The van der Waals surface area contributed by atoms with Gasteiger partial charge in [0, 0.05) is 17.4 Å². The minimum Gasteiger partial charge on any atom is -0.368 e. The largest absolute Gasteiger partial charge is 0.368 e. The first kappa shape index (κ1) is 11.5. The fourth-order valence-electron chi connectivity index (χ4n) is 2.07. The second-order valence-corrected chi connectivity index (χ2v) is 4.44. The van der Waals surface area contributed by atoms with E-state index in [1.54, 1.807) is 0 Å². The molecule has 0 saturated carbocycles. The Morgan fingerprint density at radius 1 is 0.947 bits per heavy atom. The number of nitrogens with one attached hydrogen (secondary N) is 1. The molecule has 1 heterocycles. The average Bonchev–Trinajstić information content (AvgIpc) is 2.37. The van der Waals surface area contributed by atoms with Crippen molar-refractivity contribution in [2.24, 2.45) is 0 Å². The van der Waals surface area contributed by atoms with Gasteiger partial charge in [-0.3, -0.25) is 0 Å². The van der Waals surface area contributed by atoms with Crippen molar-refractivity contribution in [1.29, 1.82) is 0 Å². The van der Waals surface area contributed by atoms with E-state index in [1.807, 2.05) is 31.2 Å². The highest BCUT2D eigenvalue weighted by atomic mass is 15.1. The molecule has 3 N–H and O–H groups in total. The summed E-state index contributed by atoms with van der Waals surface area (Å²) in [6.07, 6.45) is 0. The van der Waals surface area contributed by atoms with Gasteiger partial charge in [0.05, 0.1) is 0 Å². The van der Waals surface area contributed by atoms with Crippen LogP contribution in [0.3, 0.4) is 0 Å². The molecule has 0 aliphatic heterocycles. The predicted molar refractivity (Wildman–Crippen MR) is 78.4 cm³/mol. The third-order valence-electron chi connectivity index (χ3n) is 2.89. The van der Waals surface area contributed by atoms with Gasteiger partial charge in [-0.15, -0.1) is 0 Å². The molecule has 0 aliphatic carbocycles. The summed E-state index contributed by atoms with van der Waals surface area (Å²) in [4.78, 5) is 8.22. The second-order valence-electron chi connectivity index (χ2n) is 4.44. The molecule has 0 radical (unpaired) electrons. The highest BCUT2D eigenvalue weighted by Gasteiger charge is 2.01. The van der Waals surface area contributed by atoms with Crippen LogP contribution in [0.4, 0.5) is 17.5 Å². The van der Waals surface area contributed by atoms with E-state index in [2.05, 4.69) is 39.6 Å². The predicted octanol–water partition coefficient (Wildman–Crippen LogP) is 3.26. The number of aryl methyl sites for hydroxylation is 1. The van der Waals surface area contributed by atoms with Crippen LogP contribution in [0, 0.1) is 6.92 Å². The van der Waals surface area contributed by atoms with E-state index < -0.39 is 0 Å². The topological polar surface area (TPSA) is 63.8 Å². The normalized spacial score (nSPS) is 10.6. The Morgan fingerprint density at radius 3 is 2.53 bits per heavy atom. The number of nitrogens with zero attached hydrogens (tertiary/aromatic N) is 2. The Kier molecular flexibility index (Phi) is 2.76. The fraction of sp³-hybridized carbons (Fsp3) is 0.0667. The lowest BCUT2D eigenvalue weighted by Crippen LogP contribution is -2.01. The molecule has 94 valence electrons. The van der Waals surface area contributed by atoms with Gasteiger partial charge in [-0.25, -0.2) is 4.98 Å². The summed E-state index contributed by atoms with van der Waals surface area (Å²) >= 11 is 0. The van der Waals surface area contributed by atoms with Crippen molar-refractivity contribution in [1.82, 2.24) is 9.97 Å². The van der Waals surface area contributed by atoms with Gasteiger partial charge in [0.15, 0.2) is 0 Å². The number of hydrogen-bond acceptors (Lipinski definition) is 4. The highest BCUT2D eigenvalue weighted by molar-refractivity contribution is 5.86. The van der Waals surface area contributed by atoms with E-state index in [-0.39, 0.29) is 5.95 Å². The molecule has 4 nitrogen and oxygen atoms in total. The third-order valence-corrected chi connectivity index (χ3v) is 2.89. The number of anilines is 3. The molecular formula is C15H14N4. The molecule has 0 saturated heterocycles. The van der Waals surface area contributed by atoms with Gasteiger partial charge in [-0.1, -0.05) is 30.3 Å². The van der Waals surface area contributed by atoms with E-state index >= 15 is 0 Å². The minimum atomic E-state index is 0.281. The van der Waals surface area contributed by atoms with Gasteiger partial charge >= 0.3 is 0 Å². The molecule has 19 heavy (non-hydrogen) atoms. The third kappa shape index (κ3) is 2.47. The lowest BCUT2D eigenvalue weighted by molar-refractivity contribution is 1.12. The van der Waals surface area contributed by atoms with Crippen LogP contribution < -0.4 is 11.1 Å². The van der Waals surface area contributed by atoms with Crippen molar-refractivity contribution in [3.05, 3.63) is 54.2 Å². The van der Waals surface area contributed by atoms with E-state index in [9.17, 15) is 0 Å². The number of benzene rings is 2. The van der Waals surface area contributed by atoms with Crippen molar-refractivity contribution in [3.8, 4) is 0 Å². The highest BCUT2D eigenvalue weighted by Crippen LogP contribution is 2.21. The molecule has 0 bridgehead atoms. The van der Waals surface area contributed by atoms with Gasteiger partial charge in [-0.2, -0.15) is 4.98 Å². The molecule has 0 fully saturated rings.